The van der Waals surface area contributed by atoms with Crippen LogP contribution in [0, 0.1) is 13.8 Å². The largest absolute Gasteiger partial charge is 0.462 e. The van der Waals surface area contributed by atoms with Crippen LogP contribution in [0.5, 0.6) is 11.5 Å². The van der Waals surface area contributed by atoms with E-state index in [-0.39, 0.29) is 12.8 Å². The SMILES string of the molecule is CCOC(=O)c1ccc(-n2c(C)cc(C=Nc3ccc4c(c3)OCO4)c2C)cc1. The normalized spacial score (nSPS) is 12.5. The summed E-state index contributed by atoms with van der Waals surface area (Å²) in [5.74, 6) is 1.15. The van der Waals surface area contributed by atoms with Crippen molar-refractivity contribution in [3.05, 3.63) is 71.0 Å². The fraction of sp³-hybridized carbons (Fsp3) is 0.217. The van der Waals surface area contributed by atoms with Crippen molar-refractivity contribution in [1.29, 1.82) is 0 Å². The van der Waals surface area contributed by atoms with Crippen LogP contribution in [0.1, 0.15) is 34.2 Å². The van der Waals surface area contributed by atoms with Crippen LogP contribution in [0.2, 0.25) is 0 Å². The Hall–Kier alpha value is -3.54. The van der Waals surface area contributed by atoms with Crippen molar-refractivity contribution in [3.63, 3.8) is 0 Å². The zero-order valence-corrected chi connectivity index (χ0v) is 16.6. The van der Waals surface area contributed by atoms with Gasteiger partial charge in [0.25, 0.3) is 0 Å². The summed E-state index contributed by atoms with van der Waals surface area (Å²) >= 11 is 0. The molecule has 148 valence electrons. The van der Waals surface area contributed by atoms with E-state index >= 15 is 0 Å². The van der Waals surface area contributed by atoms with Gasteiger partial charge in [-0.05, 0) is 63.2 Å². The van der Waals surface area contributed by atoms with Crippen LogP contribution in [0.3, 0.4) is 0 Å². The highest BCUT2D eigenvalue weighted by Crippen LogP contribution is 2.35. The summed E-state index contributed by atoms with van der Waals surface area (Å²) in [6.07, 6.45) is 1.85. The lowest BCUT2D eigenvalue weighted by Crippen LogP contribution is -2.05. The topological polar surface area (TPSA) is 62.1 Å². The average molecular weight is 390 g/mol. The highest BCUT2D eigenvalue weighted by molar-refractivity contribution is 5.89. The summed E-state index contributed by atoms with van der Waals surface area (Å²) in [5.41, 5.74) is 5.50. The molecule has 0 saturated carbocycles. The lowest BCUT2D eigenvalue weighted by Gasteiger charge is -2.10. The molecular weight excluding hydrogens is 368 g/mol. The molecule has 6 nitrogen and oxygen atoms in total. The summed E-state index contributed by atoms with van der Waals surface area (Å²) in [6.45, 7) is 6.50. The standard InChI is InChI=1S/C23H22N2O4/c1-4-27-23(26)17-5-8-20(9-6-17)25-15(2)11-18(16(25)3)13-24-19-7-10-21-22(12-19)29-14-28-21/h5-13H,4,14H2,1-3H3. The van der Waals surface area contributed by atoms with Gasteiger partial charge >= 0.3 is 5.97 Å². The molecule has 4 rings (SSSR count). The summed E-state index contributed by atoms with van der Waals surface area (Å²) in [4.78, 5) is 16.4. The molecule has 1 aromatic heterocycles. The van der Waals surface area contributed by atoms with Crippen LogP contribution in [0.25, 0.3) is 5.69 Å². The molecule has 6 heteroatoms. The van der Waals surface area contributed by atoms with Gasteiger partial charge in [0.2, 0.25) is 6.79 Å². The van der Waals surface area contributed by atoms with Crippen LogP contribution >= 0.6 is 0 Å². The second kappa shape index (κ2) is 7.83. The van der Waals surface area contributed by atoms with Gasteiger partial charge in [-0.15, -0.1) is 0 Å². The number of fused-ring (bicyclic) bond motifs is 1. The molecule has 0 spiro atoms. The van der Waals surface area contributed by atoms with Gasteiger partial charge in [-0.3, -0.25) is 4.99 Å². The monoisotopic (exact) mass is 390 g/mol. The number of aromatic nitrogens is 1. The molecule has 2 aromatic carbocycles. The van der Waals surface area contributed by atoms with Gasteiger partial charge in [0.05, 0.1) is 17.9 Å². The molecule has 0 fully saturated rings. The van der Waals surface area contributed by atoms with Crippen LogP contribution in [0.15, 0.2) is 53.5 Å². The first-order valence-electron chi connectivity index (χ1n) is 9.47. The Labute approximate surface area is 169 Å². The number of hydrogen-bond acceptors (Lipinski definition) is 5. The fourth-order valence-electron chi connectivity index (χ4n) is 3.39. The second-order valence-electron chi connectivity index (χ2n) is 6.72. The molecule has 0 unspecified atom stereocenters. The van der Waals surface area contributed by atoms with E-state index in [1.54, 1.807) is 19.1 Å². The van der Waals surface area contributed by atoms with Crippen LogP contribution in [-0.4, -0.2) is 30.2 Å². The number of esters is 1. The molecule has 2 heterocycles. The smallest absolute Gasteiger partial charge is 0.338 e. The van der Waals surface area contributed by atoms with Crippen molar-refractivity contribution in [2.45, 2.75) is 20.8 Å². The zero-order valence-electron chi connectivity index (χ0n) is 16.6. The molecule has 0 N–H and O–H groups in total. The number of rotatable bonds is 5. The van der Waals surface area contributed by atoms with Crippen molar-refractivity contribution >= 4 is 17.9 Å². The Balaban J connectivity index is 1.59. The number of ether oxygens (including phenoxy) is 3. The number of aliphatic imine (C=N–C) groups is 1. The first-order valence-corrected chi connectivity index (χ1v) is 9.47. The first kappa shape index (κ1) is 18.8. The van der Waals surface area contributed by atoms with Crippen molar-refractivity contribution < 1.29 is 19.0 Å². The maximum absolute atomic E-state index is 11.9. The number of benzene rings is 2. The Bertz CT molecular complexity index is 1080. The predicted octanol–water partition coefficient (Wildman–Crippen LogP) is 4.75. The highest BCUT2D eigenvalue weighted by Gasteiger charge is 2.14. The van der Waals surface area contributed by atoms with Crippen molar-refractivity contribution in [1.82, 2.24) is 4.57 Å². The van der Waals surface area contributed by atoms with Crippen LogP contribution < -0.4 is 9.47 Å². The third-order valence-electron chi connectivity index (χ3n) is 4.82. The lowest BCUT2D eigenvalue weighted by molar-refractivity contribution is 0.0526. The van der Waals surface area contributed by atoms with Gasteiger partial charge in [-0.1, -0.05) is 0 Å². The van der Waals surface area contributed by atoms with E-state index in [9.17, 15) is 4.79 Å². The van der Waals surface area contributed by atoms with Gasteiger partial charge in [0.15, 0.2) is 11.5 Å². The average Bonchev–Trinajstić information content (AvgIpc) is 3.30. The third-order valence-corrected chi connectivity index (χ3v) is 4.82. The third kappa shape index (κ3) is 3.74. The fourth-order valence-corrected chi connectivity index (χ4v) is 3.39. The number of hydrogen-bond donors (Lipinski definition) is 0. The molecule has 0 aliphatic carbocycles. The molecule has 1 aliphatic rings. The molecule has 0 atom stereocenters. The minimum absolute atomic E-state index is 0.249. The van der Waals surface area contributed by atoms with Crippen molar-refractivity contribution in [2.75, 3.05) is 13.4 Å². The minimum atomic E-state index is -0.309. The van der Waals surface area contributed by atoms with Gasteiger partial charge in [0.1, 0.15) is 0 Å². The summed E-state index contributed by atoms with van der Waals surface area (Å²) < 4.78 is 17.9. The lowest BCUT2D eigenvalue weighted by atomic mass is 10.2. The molecule has 0 radical (unpaired) electrons. The molecule has 0 bridgehead atoms. The van der Waals surface area contributed by atoms with E-state index < -0.39 is 0 Å². The second-order valence-corrected chi connectivity index (χ2v) is 6.72. The molecule has 3 aromatic rings. The molecule has 29 heavy (non-hydrogen) atoms. The number of nitrogens with zero attached hydrogens (tertiary/aromatic N) is 2. The van der Waals surface area contributed by atoms with Gasteiger partial charge < -0.3 is 18.8 Å². The van der Waals surface area contributed by atoms with Gasteiger partial charge in [-0.25, -0.2) is 4.79 Å². The zero-order chi connectivity index (χ0) is 20.4. The quantitative estimate of drug-likeness (QED) is 0.466. The van der Waals surface area contributed by atoms with E-state index in [2.05, 4.69) is 15.6 Å². The van der Waals surface area contributed by atoms with Crippen molar-refractivity contribution in [2.24, 2.45) is 4.99 Å². The van der Waals surface area contributed by atoms with E-state index in [0.717, 1.165) is 34.1 Å². The Kier molecular flexibility index (Phi) is 5.08. The highest BCUT2D eigenvalue weighted by atomic mass is 16.7. The molecule has 1 aliphatic heterocycles. The van der Waals surface area contributed by atoms with Gasteiger partial charge in [-0.2, -0.15) is 0 Å². The Morgan fingerprint density at radius 2 is 1.86 bits per heavy atom. The van der Waals surface area contributed by atoms with Crippen LogP contribution in [-0.2, 0) is 4.74 Å². The van der Waals surface area contributed by atoms with E-state index in [0.29, 0.717) is 17.9 Å². The molecular formula is C23H22N2O4. The maximum Gasteiger partial charge on any atom is 0.338 e. The Morgan fingerprint density at radius 3 is 2.62 bits per heavy atom. The summed E-state index contributed by atoms with van der Waals surface area (Å²) in [7, 11) is 0. The Morgan fingerprint density at radius 1 is 1.10 bits per heavy atom. The molecule has 0 amide bonds. The van der Waals surface area contributed by atoms with E-state index in [4.69, 9.17) is 14.2 Å². The van der Waals surface area contributed by atoms with Crippen LogP contribution in [0.4, 0.5) is 5.69 Å². The first-order chi connectivity index (χ1) is 14.1. The minimum Gasteiger partial charge on any atom is -0.462 e. The van der Waals surface area contributed by atoms with Gasteiger partial charge in [0, 0.05) is 34.9 Å². The molecule has 0 saturated heterocycles. The predicted molar refractivity (Wildman–Crippen MR) is 111 cm³/mol. The number of carbonyl (C=O) groups excluding carboxylic acids is 1. The number of carbonyl (C=O) groups is 1. The number of aryl methyl sites for hydroxylation is 1. The summed E-state index contributed by atoms with van der Waals surface area (Å²) in [5, 5.41) is 0. The summed E-state index contributed by atoms with van der Waals surface area (Å²) in [6, 6.07) is 15.1. The van der Waals surface area contributed by atoms with E-state index in [1.807, 2.05) is 50.4 Å². The van der Waals surface area contributed by atoms with E-state index in [1.165, 1.54) is 0 Å². The maximum atomic E-state index is 11.9. The van der Waals surface area contributed by atoms with Crippen molar-refractivity contribution in [3.8, 4) is 17.2 Å².